The van der Waals surface area contributed by atoms with Crippen LogP contribution in [0.5, 0.6) is 0 Å². The molecule has 0 aromatic rings. The van der Waals surface area contributed by atoms with E-state index < -0.39 is 18.1 Å². The number of hydrogen-bond donors (Lipinski definition) is 3. The molecule has 1 amide bonds. The van der Waals surface area contributed by atoms with Crippen molar-refractivity contribution in [3.05, 3.63) is 0 Å². The first kappa shape index (κ1) is 17.6. The Kier molecular flexibility index (Phi) is 8.78. The second kappa shape index (κ2) is 9.49. The van der Waals surface area contributed by atoms with Gasteiger partial charge in [-0.2, -0.15) is 0 Å². The first-order chi connectivity index (χ1) is 8.86. The van der Waals surface area contributed by atoms with Gasteiger partial charge in [0.05, 0.1) is 6.10 Å². The van der Waals surface area contributed by atoms with Gasteiger partial charge in [-0.1, -0.05) is 6.92 Å². The summed E-state index contributed by atoms with van der Waals surface area (Å²) in [6.07, 6.45) is 1.54. The number of carboxylic acids is 1. The van der Waals surface area contributed by atoms with E-state index in [0.717, 1.165) is 0 Å². The molecule has 6 heteroatoms. The molecule has 0 heterocycles. The van der Waals surface area contributed by atoms with Gasteiger partial charge in [0, 0.05) is 25.7 Å². The molecule has 0 aliphatic carbocycles. The number of aliphatic carboxylic acids is 1. The number of aliphatic hydroxyl groups is 1. The van der Waals surface area contributed by atoms with Crippen molar-refractivity contribution in [2.45, 2.75) is 64.5 Å². The van der Waals surface area contributed by atoms with Crippen LogP contribution in [0.4, 0.5) is 0 Å². The van der Waals surface area contributed by atoms with E-state index in [2.05, 4.69) is 5.32 Å². The number of carbonyl (C=O) groups excluding carboxylic acids is 2. The fraction of sp³-hybridized carbons (Fsp3) is 0.769. The van der Waals surface area contributed by atoms with E-state index in [-0.39, 0.29) is 24.5 Å². The van der Waals surface area contributed by atoms with Gasteiger partial charge in [-0.15, -0.1) is 0 Å². The molecule has 2 atom stereocenters. The second-order valence-corrected chi connectivity index (χ2v) is 4.64. The van der Waals surface area contributed by atoms with Crippen molar-refractivity contribution in [3.8, 4) is 0 Å². The number of nitrogens with one attached hydrogen (secondary N) is 1. The third-order valence-corrected chi connectivity index (χ3v) is 2.71. The quantitative estimate of drug-likeness (QED) is 0.512. The number of unbranched alkanes of at least 4 members (excludes halogenated alkanes) is 1. The van der Waals surface area contributed by atoms with Gasteiger partial charge in [-0.3, -0.25) is 9.59 Å². The van der Waals surface area contributed by atoms with Crippen LogP contribution in [0, 0.1) is 0 Å². The highest BCUT2D eigenvalue weighted by Gasteiger charge is 2.21. The molecular weight excluding hydrogens is 250 g/mol. The van der Waals surface area contributed by atoms with Crippen molar-refractivity contribution in [1.29, 1.82) is 0 Å². The van der Waals surface area contributed by atoms with Crippen LogP contribution in [0.15, 0.2) is 0 Å². The van der Waals surface area contributed by atoms with Gasteiger partial charge < -0.3 is 15.5 Å². The molecule has 0 unspecified atom stereocenters. The van der Waals surface area contributed by atoms with Crippen LogP contribution in [0.25, 0.3) is 0 Å². The molecule has 0 aromatic heterocycles. The van der Waals surface area contributed by atoms with Crippen molar-refractivity contribution < 1.29 is 24.6 Å². The summed E-state index contributed by atoms with van der Waals surface area (Å²) in [6, 6.07) is -1.07. The van der Waals surface area contributed by atoms with Crippen LogP contribution in [0.3, 0.4) is 0 Å². The summed E-state index contributed by atoms with van der Waals surface area (Å²) in [7, 11) is 0. The number of carboxylic acid groups (broad SMARTS) is 1. The molecule has 0 radical (unpaired) electrons. The predicted molar refractivity (Wildman–Crippen MR) is 69.6 cm³/mol. The van der Waals surface area contributed by atoms with Crippen molar-refractivity contribution in [2.75, 3.05) is 0 Å². The lowest BCUT2D eigenvalue weighted by Gasteiger charge is -2.15. The van der Waals surface area contributed by atoms with E-state index in [1.54, 1.807) is 6.92 Å². The zero-order chi connectivity index (χ0) is 14.8. The minimum absolute atomic E-state index is 0.0185. The lowest BCUT2D eigenvalue weighted by Crippen LogP contribution is -2.42. The van der Waals surface area contributed by atoms with E-state index in [1.165, 1.54) is 6.92 Å². The Labute approximate surface area is 113 Å². The van der Waals surface area contributed by atoms with Gasteiger partial charge in [0.1, 0.15) is 11.8 Å². The third-order valence-electron chi connectivity index (χ3n) is 2.71. The lowest BCUT2D eigenvalue weighted by atomic mass is 10.1. The average molecular weight is 273 g/mol. The molecule has 0 saturated heterocycles. The maximum absolute atomic E-state index is 11.5. The van der Waals surface area contributed by atoms with Gasteiger partial charge in [-0.25, -0.2) is 4.79 Å². The third kappa shape index (κ3) is 9.18. The van der Waals surface area contributed by atoms with Gasteiger partial charge in [0.15, 0.2) is 0 Å². The molecule has 0 spiro atoms. The molecule has 0 aliphatic rings. The van der Waals surface area contributed by atoms with E-state index in [9.17, 15) is 14.4 Å². The Hall–Kier alpha value is -1.43. The molecule has 0 aliphatic heterocycles. The predicted octanol–water partition coefficient (Wildman–Crippen LogP) is 0.866. The summed E-state index contributed by atoms with van der Waals surface area (Å²) in [5.74, 6) is -1.36. The number of aliphatic hydroxyl groups excluding tert-OH is 1. The van der Waals surface area contributed by atoms with Crippen LogP contribution < -0.4 is 5.32 Å². The zero-order valence-electron chi connectivity index (χ0n) is 11.5. The van der Waals surface area contributed by atoms with Crippen molar-refractivity contribution >= 4 is 17.7 Å². The standard InChI is InChI=1S/C13H23NO5/c1-3-10(16)6-4-5-7-12(17)14-11(13(18)19)8-9(2)15/h9,11,15H,3-8H2,1-2H3,(H,14,17)(H,18,19)/t9-,11+/m1/s1. The topological polar surface area (TPSA) is 104 Å². The minimum Gasteiger partial charge on any atom is -0.480 e. The summed E-state index contributed by atoms with van der Waals surface area (Å²) in [5.41, 5.74) is 0. The van der Waals surface area contributed by atoms with Crippen LogP contribution >= 0.6 is 0 Å². The Balaban J connectivity index is 3.93. The SMILES string of the molecule is CCC(=O)CCCCC(=O)N[C@@H](C[C@@H](C)O)C(=O)O. The summed E-state index contributed by atoms with van der Waals surface area (Å²) >= 11 is 0. The second-order valence-electron chi connectivity index (χ2n) is 4.64. The highest BCUT2D eigenvalue weighted by atomic mass is 16.4. The molecule has 19 heavy (non-hydrogen) atoms. The number of amides is 1. The molecule has 3 N–H and O–H groups in total. The van der Waals surface area contributed by atoms with Crippen LogP contribution in [-0.2, 0) is 14.4 Å². The Morgan fingerprint density at radius 1 is 1.16 bits per heavy atom. The minimum atomic E-state index is -1.16. The normalized spacial score (nSPS) is 13.6. The fourth-order valence-corrected chi connectivity index (χ4v) is 1.61. The summed E-state index contributed by atoms with van der Waals surface area (Å²) in [5, 5.41) is 20.4. The molecule has 6 nitrogen and oxygen atoms in total. The van der Waals surface area contributed by atoms with Gasteiger partial charge in [-0.05, 0) is 19.8 Å². The Bertz CT molecular complexity index is 314. The van der Waals surface area contributed by atoms with Crippen LogP contribution in [0.2, 0.25) is 0 Å². The largest absolute Gasteiger partial charge is 0.480 e. The van der Waals surface area contributed by atoms with E-state index in [0.29, 0.717) is 25.7 Å². The maximum Gasteiger partial charge on any atom is 0.326 e. The molecule has 0 rings (SSSR count). The van der Waals surface area contributed by atoms with Gasteiger partial charge in [0.25, 0.3) is 0 Å². The first-order valence-corrected chi connectivity index (χ1v) is 6.58. The lowest BCUT2D eigenvalue weighted by molar-refractivity contribution is -0.142. The fourth-order valence-electron chi connectivity index (χ4n) is 1.61. The summed E-state index contributed by atoms with van der Waals surface area (Å²) in [6.45, 7) is 3.26. The summed E-state index contributed by atoms with van der Waals surface area (Å²) in [4.78, 5) is 33.4. The Morgan fingerprint density at radius 3 is 2.21 bits per heavy atom. The molecule has 0 aromatic carbocycles. The van der Waals surface area contributed by atoms with Gasteiger partial charge in [0.2, 0.25) is 5.91 Å². The molecular formula is C13H23NO5. The highest BCUT2D eigenvalue weighted by Crippen LogP contribution is 2.04. The number of Topliss-reactive ketones (excluding diaryl/α,β-unsaturated/α-hetero) is 1. The van der Waals surface area contributed by atoms with Crippen molar-refractivity contribution in [2.24, 2.45) is 0 Å². The van der Waals surface area contributed by atoms with E-state index in [4.69, 9.17) is 10.2 Å². The average Bonchev–Trinajstić information content (AvgIpc) is 2.32. The number of ketones is 1. The smallest absolute Gasteiger partial charge is 0.326 e. The highest BCUT2D eigenvalue weighted by molar-refractivity contribution is 5.83. The van der Waals surface area contributed by atoms with Crippen LogP contribution in [0.1, 0.15) is 52.4 Å². The van der Waals surface area contributed by atoms with Crippen molar-refractivity contribution in [3.63, 3.8) is 0 Å². The first-order valence-electron chi connectivity index (χ1n) is 6.58. The van der Waals surface area contributed by atoms with Crippen molar-refractivity contribution in [1.82, 2.24) is 5.32 Å². The molecule has 0 saturated carbocycles. The summed E-state index contributed by atoms with van der Waals surface area (Å²) < 4.78 is 0. The van der Waals surface area contributed by atoms with Crippen LogP contribution in [-0.4, -0.2) is 40.0 Å². The number of hydrogen-bond acceptors (Lipinski definition) is 4. The number of rotatable bonds is 10. The number of carbonyl (C=O) groups is 3. The van der Waals surface area contributed by atoms with E-state index in [1.807, 2.05) is 0 Å². The van der Waals surface area contributed by atoms with E-state index >= 15 is 0 Å². The monoisotopic (exact) mass is 273 g/mol. The van der Waals surface area contributed by atoms with Gasteiger partial charge >= 0.3 is 5.97 Å². The zero-order valence-corrected chi connectivity index (χ0v) is 11.5. The Morgan fingerprint density at radius 2 is 1.74 bits per heavy atom. The molecule has 0 fully saturated rings. The molecule has 110 valence electrons. The maximum atomic E-state index is 11.5. The molecule has 0 bridgehead atoms.